The SMILES string of the molecule is O=c1ccnc(-c2ccsc2)[nH]1. The van der Waals surface area contributed by atoms with Crippen LogP contribution in [0.3, 0.4) is 0 Å². The highest BCUT2D eigenvalue weighted by Gasteiger charge is 1.98. The average Bonchev–Trinajstić information content (AvgIpc) is 2.56. The number of aromatic amines is 1. The van der Waals surface area contributed by atoms with E-state index in [1.54, 1.807) is 11.3 Å². The number of hydrogen-bond donors (Lipinski definition) is 1. The van der Waals surface area contributed by atoms with Gasteiger partial charge in [-0.2, -0.15) is 11.3 Å². The first-order valence-electron chi connectivity index (χ1n) is 3.44. The molecule has 60 valence electrons. The molecule has 0 aliphatic rings. The van der Waals surface area contributed by atoms with Gasteiger partial charge in [-0.05, 0) is 11.4 Å². The van der Waals surface area contributed by atoms with E-state index in [9.17, 15) is 4.79 Å². The summed E-state index contributed by atoms with van der Waals surface area (Å²) < 4.78 is 0. The van der Waals surface area contributed by atoms with E-state index in [-0.39, 0.29) is 5.56 Å². The van der Waals surface area contributed by atoms with Crippen LogP contribution >= 0.6 is 11.3 Å². The molecule has 0 spiro atoms. The van der Waals surface area contributed by atoms with Crippen LogP contribution in [-0.4, -0.2) is 9.97 Å². The molecule has 0 aliphatic carbocycles. The first-order valence-corrected chi connectivity index (χ1v) is 4.38. The van der Waals surface area contributed by atoms with E-state index < -0.39 is 0 Å². The number of nitrogens with one attached hydrogen (secondary N) is 1. The van der Waals surface area contributed by atoms with Gasteiger partial charge in [-0.3, -0.25) is 4.79 Å². The van der Waals surface area contributed by atoms with E-state index in [0.29, 0.717) is 5.82 Å². The third kappa shape index (κ3) is 1.29. The molecule has 3 nitrogen and oxygen atoms in total. The Balaban J connectivity index is 2.55. The first-order chi connectivity index (χ1) is 5.86. The van der Waals surface area contributed by atoms with Crippen LogP contribution in [0.25, 0.3) is 11.4 Å². The summed E-state index contributed by atoms with van der Waals surface area (Å²) in [7, 11) is 0. The average molecular weight is 178 g/mol. The predicted molar refractivity (Wildman–Crippen MR) is 48.2 cm³/mol. The zero-order valence-electron chi connectivity index (χ0n) is 6.15. The monoisotopic (exact) mass is 178 g/mol. The van der Waals surface area contributed by atoms with Crippen LogP contribution in [0, 0.1) is 0 Å². The lowest BCUT2D eigenvalue weighted by Crippen LogP contribution is -2.05. The van der Waals surface area contributed by atoms with Crippen molar-refractivity contribution in [3.63, 3.8) is 0 Å². The molecule has 0 saturated heterocycles. The van der Waals surface area contributed by atoms with Gasteiger partial charge in [-0.25, -0.2) is 4.98 Å². The van der Waals surface area contributed by atoms with Gasteiger partial charge in [0.05, 0.1) is 0 Å². The minimum atomic E-state index is -0.119. The second-order valence-electron chi connectivity index (χ2n) is 2.29. The maximum Gasteiger partial charge on any atom is 0.251 e. The van der Waals surface area contributed by atoms with Gasteiger partial charge in [0.2, 0.25) is 0 Å². The topological polar surface area (TPSA) is 45.8 Å². The summed E-state index contributed by atoms with van der Waals surface area (Å²) in [6, 6.07) is 3.32. The van der Waals surface area contributed by atoms with Crippen LogP contribution < -0.4 is 5.56 Å². The number of rotatable bonds is 1. The lowest BCUT2D eigenvalue weighted by Gasteiger charge is -1.93. The minimum absolute atomic E-state index is 0.119. The highest BCUT2D eigenvalue weighted by Crippen LogP contribution is 2.15. The van der Waals surface area contributed by atoms with Crippen molar-refractivity contribution in [1.82, 2.24) is 9.97 Å². The van der Waals surface area contributed by atoms with Crippen molar-refractivity contribution in [3.05, 3.63) is 39.4 Å². The van der Waals surface area contributed by atoms with E-state index in [0.717, 1.165) is 5.56 Å². The van der Waals surface area contributed by atoms with Crippen molar-refractivity contribution in [2.45, 2.75) is 0 Å². The molecular formula is C8H6N2OS. The maximum atomic E-state index is 10.9. The fourth-order valence-corrected chi connectivity index (χ4v) is 1.56. The van der Waals surface area contributed by atoms with Crippen LogP contribution in [0.15, 0.2) is 33.9 Å². The minimum Gasteiger partial charge on any atom is -0.307 e. The Hall–Kier alpha value is -1.42. The Morgan fingerprint density at radius 3 is 3.00 bits per heavy atom. The normalized spacial score (nSPS) is 10.0. The Kier molecular flexibility index (Phi) is 1.75. The standard InChI is InChI=1S/C8H6N2OS/c11-7-1-3-9-8(10-7)6-2-4-12-5-6/h1-5H,(H,9,10,11). The number of aromatic nitrogens is 2. The largest absolute Gasteiger partial charge is 0.307 e. The van der Waals surface area contributed by atoms with Crippen LogP contribution in [0.5, 0.6) is 0 Å². The van der Waals surface area contributed by atoms with Gasteiger partial charge < -0.3 is 4.98 Å². The summed E-state index contributed by atoms with van der Waals surface area (Å²) in [5.41, 5.74) is 0.837. The van der Waals surface area contributed by atoms with E-state index >= 15 is 0 Å². The van der Waals surface area contributed by atoms with Crippen molar-refractivity contribution in [2.24, 2.45) is 0 Å². The molecule has 2 rings (SSSR count). The number of thiophene rings is 1. The smallest absolute Gasteiger partial charge is 0.251 e. The van der Waals surface area contributed by atoms with Crippen LogP contribution in [-0.2, 0) is 0 Å². The molecule has 2 aromatic rings. The number of nitrogens with zero attached hydrogens (tertiary/aromatic N) is 1. The van der Waals surface area contributed by atoms with Gasteiger partial charge in [0.1, 0.15) is 5.82 Å². The van der Waals surface area contributed by atoms with E-state index in [4.69, 9.17) is 0 Å². The van der Waals surface area contributed by atoms with Crippen molar-refractivity contribution < 1.29 is 0 Å². The molecule has 0 aromatic carbocycles. The van der Waals surface area contributed by atoms with E-state index in [1.165, 1.54) is 12.3 Å². The molecule has 0 saturated carbocycles. The zero-order chi connectivity index (χ0) is 8.39. The fourth-order valence-electron chi connectivity index (χ4n) is 0.916. The molecule has 0 fully saturated rings. The van der Waals surface area contributed by atoms with Crippen LogP contribution in [0.4, 0.5) is 0 Å². The highest BCUT2D eigenvalue weighted by atomic mass is 32.1. The molecule has 4 heteroatoms. The summed E-state index contributed by atoms with van der Waals surface area (Å²) in [6.45, 7) is 0. The third-order valence-corrected chi connectivity index (χ3v) is 2.15. The first kappa shape index (κ1) is 7.24. The molecular weight excluding hydrogens is 172 g/mol. The summed E-state index contributed by atoms with van der Waals surface area (Å²) in [6.07, 6.45) is 1.51. The molecule has 0 atom stereocenters. The Morgan fingerprint density at radius 1 is 1.42 bits per heavy atom. The lowest BCUT2D eigenvalue weighted by atomic mass is 10.3. The molecule has 0 unspecified atom stereocenters. The molecule has 0 aliphatic heterocycles. The Morgan fingerprint density at radius 2 is 2.33 bits per heavy atom. The lowest BCUT2D eigenvalue weighted by molar-refractivity contribution is 1.13. The van der Waals surface area contributed by atoms with E-state index in [2.05, 4.69) is 9.97 Å². The molecule has 0 bridgehead atoms. The summed E-state index contributed by atoms with van der Waals surface area (Å²) in [5.74, 6) is 0.628. The van der Waals surface area contributed by atoms with Gasteiger partial charge in [0, 0.05) is 23.2 Å². The number of hydrogen-bond acceptors (Lipinski definition) is 3. The van der Waals surface area contributed by atoms with Crippen LogP contribution in [0.2, 0.25) is 0 Å². The zero-order valence-corrected chi connectivity index (χ0v) is 6.97. The van der Waals surface area contributed by atoms with Crippen molar-refractivity contribution in [3.8, 4) is 11.4 Å². The second-order valence-corrected chi connectivity index (χ2v) is 3.07. The number of H-pyrrole nitrogens is 1. The summed E-state index contributed by atoms with van der Waals surface area (Å²) >= 11 is 1.58. The van der Waals surface area contributed by atoms with Gasteiger partial charge >= 0.3 is 0 Å². The summed E-state index contributed by atoms with van der Waals surface area (Å²) in [5, 5.41) is 3.89. The molecule has 12 heavy (non-hydrogen) atoms. The Labute approximate surface area is 72.7 Å². The Bertz CT molecular complexity index is 419. The molecule has 0 amide bonds. The highest BCUT2D eigenvalue weighted by molar-refractivity contribution is 7.08. The molecule has 2 heterocycles. The van der Waals surface area contributed by atoms with Gasteiger partial charge in [-0.1, -0.05) is 0 Å². The fraction of sp³-hybridized carbons (Fsp3) is 0. The summed E-state index contributed by atoms with van der Waals surface area (Å²) in [4.78, 5) is 17.6. The molecule has 0 radical (unpaired) electrons. The third-order valence-electron chi connectivity index (χ3n) is 1.47. The van der Waals surface area contributed by atoms with E-state index in [1.807, 2.05) is 16.8 Å². The predicted octanol–water partition coefficient (Wildman–Crippen LogP) is 1.50. The van der Waals surface area contributed by atoms with Gasteiger partial charge in [0.15, 0.2) is 0 Å². The van der Waals surface area contributed by atoms with Crippen LogP contribution in [0.1, 0.15) is 0 Å². The van der Waals surface area contributed by atoms with Gasteiger partial charge in [0.25, 0.3) is 5.56 Å². The van der Waals surface area contributed by atoms with Gasteiger partial charge in [-0.15, -0.1) is 0 Å². The quantitative estimate of drug-likeness (QED) is 0.719. The van der Waals surface area contributed by atoms with Crippen molar-refractivity contribution >= 4 is 11.3 Å². The maximum absolute atomic E-state index is 10.9. The van der Waals surface area contributed by atoms with Crippen molar-refractivity contribution in [2.75, 3.05) is 0 Å². The molecule has 2 aromatic heterocycles. The van der Waals surface area contributed by atoms with Crippen molar-refractivity contribution in [1.29, 1.82) is 0 Å². The molecule has 1 N–H and O–H groups in total. The second kappa shape index (κ2) is 2.91.